The highest BCUT2D eigenvalue weighted by Gasteiger charge is 2.25. The van der Waals surface area contributed by atoms with Crippen molar-refractivity contribution in [2.24, 2.45) is 5.92 Å². The third kappa shape index (κ3) is 3.43. The minimum atomic E-state index is 0.171. The van der Waals surface area contributed by atoms with Crippen molar-refractivity contribution in [3.8, 4) is 0 Å². The zero-order valence-electron chi connectivity index (χ0n) is 15.5. The third-order valence-electron chi connectivity index (χ3n) is 5.35. The van der Waals surface area contributed by atoms with E-state index >= 15 is 0 Å². The Labute approximate surface area is 153 Å². The van der Waals surface area contributed by atoms with Crippen molar-refractivity contribution in [1.82, 2.24) is 25.3 Å². The molecule has 7 nitrogen and oxygen atoms in total. The fourth-order valence-electron chi connectivity index (χ4n) is 3.41. The van der Waals surface area contributed by atoms with Crippen LogP contribution in [-0.2, 0) is 24.4 Å². The molecule has 3 heterocycles. The lowest BCUT2D eigenvalue weighted by atomic mass is 9.85. The summed E-state index contributed by atoms with van der Waals surface area (Å²) in [6.07, 6.45) is 3.22. The van der Waals surface area contributed by atoms with E-state index in [4.69, 9.17) is 0 Å². The molecule has 1 amide bonds. The van der Waals surface area contributed by atoms with E-state index < -0.39 is 0 Å². The van der Waals surface area contributed by atoms with Gasteiger partial charge in [0.15, 0.2) is 5.82 Å². The largest absolute Gasteiger partial charge is 0.350 e. The number of anilines is 1. The van der Waals surface area contributed by atoms with Crippen LogP contribution in [0.5, 0.6) is 0 Å². The number of carbonyl (C=O) groups excluding carboxylic acids is 1. The number of nitrogens with zero attached hydrogens (tertiary/aromatic N) is 5. The smallest absolute Gasteiger partial charge is 0.223 e. The number of carbonyl (C=O) groups is 1. The summed E-state index contributed by atoms with van der Waals surface area (Å²) < 4.78 is 2.04. The molecule has 1 saturated carbocycles. The molecule has 0 bridgehead atoms. The highest BCUT2D eigenvalue weighted by molar-refractivity contribution is 5.79. The predicted molar refractivity (Wildman–Crippen MR) is 98.6 cm³/mol. The highest BCUT2D eigenvalue weighted by Crippen LogP contribution is 2.26. The molecule has 1 aliphatic carbocycles. The molecule has 26 heavy (non-hydrogen) atoms. The summed E-state index contributed by atoms with van der Waals surface area (Å²) in [7, 11) is 0. The second kappa shape index (κ2) is 7.05. The Hall–Kier alpha value is -2.44. The van der Waals surface area contributed by atoms with Crippen LogP contribution in [0.4, 0.5) is 5.82 Å². The lowest BCUT2D eigenvalue weighted by Crippen LogP contribution is -2.34. The maximum absolute atomic E-state index is 12.0. The SMILES string of the molecule is CC(C)c1ccc(N2CCn3nc(CNC(=O)C4CCC4)cc3C2)nn1. The Bertz CT molecular complexity index is 778. The van der Waals surface area contributed by atoms with Crippen LogP contribution in [0.3, 0.4) is 0 Å². The molecular weight excluding hydrogens is 328 g/mol. The summed E-state index contributed by atoms with van der Waals surface area (Å²) in [4.78, 5) is 14.2. The molecule has 1 N–H and O–H groups in total. The van der Waals surface area contributed by atoms with Crippen molar-refractivity contribution in [1.29, 1.82) is 0 Å². The third-order valence-corrected chi connectivity index (χ3v) is 5.35. The first-order valence-corrected chi connectivity index (χ1v) is 9.52. The zero-order valence-corrected chi connectivity index (χ0v) is 15.5. The predicted octanol–water partition coefficient (Wildman–Crippen LogP) is 2.23. The molecule has 0 spiro atoms. The Kier molecular flexibility index (Phi) is 4.61. The number of aromatic nitrogens is 4. The molecule has 2 aliphatic rings. The van der Waals surface area contributed by atoms with Gasteiger partial charge in [-0.05, 0) is 37.0 Å². The van der Waals surface area contributed by atoms with Crippen LogP contribution in [-0.4, -0.2) is 32.4 Å². The number of hydrogen-bond donors (Lipinski definition) is 1. The molecule has 2 aromatic heterocycles. The van der Waals surface area contributed by atoms with Gasteiger partial charge in [0, 0.05) is 12.5 Å². The molecule has 1 aliphatic heterocycles. The maximum atomic E-state index is 12.0. The van der Waals surface area contributed by atoms with Crippen LogP contribution in [0.2, 0.25) is 0 Å². The van der Waals surface area contributed by atoms with Gasteiger partial charge in [-0.15, -0.1) is 5.10 Å². The van der Waals surface area contributed by atoms with E-state index in [9.17, 15) is 4.79 Å². The van der Waals surface area contributed by atoms with Gasteiger partial charge in [0.05, 0.1) is 36.7 Å². The summed E-state index contributed by atoms with van der Waals surface area (Å²) >= 11 is 0. The maximum Gasteiger partial charge on any atom is 0.223 e. The van der Waals surface area contributed by atoms with Gasteiger partial charge in [-0.1, -0.05) is 20.3 Å². The second-order valence-corrected chi connectivity index (χ2v) is 7.59. The normalized spacial score (nSPS) is 17.1. The Morgan fingerprint density at radius 1 is 1.27 bits per heavy atom. The van der Waals surface area contributed by atoms with Gasteiger partial charge in [-0.3, -0.25) is 9.48 Å². The fourth-order valence-corrected chi connectivity index (χ4v) is 3.41. The average molecular weight is 354 g/mol. The molecule has 4 rings (SSSR count). The minimum absolute atomic E-state index is 0.171. The quantitative estimate of drug-likeness (QED) is 0.891. The summed E-state index contributed by atoms with van der Waals surface area (Å²) in [6.45, 7) is 7.19. The molecular formula is C19H26N6O. The van der Waals surface area contributed by atoms with Gasteiger partial charge in [-0.2, -0.15) is 10.2 Å². The fraction of sp³-hybridized carbons (Fsp3) is 0.579. The summed E-state index contributed by atoms with van der Waals surface area (Å²) in [5.41, 5.74) is 3.09. The topological polar surface area (TPSA) is 75.9 Å². The molecule has 0 aromatic carbocycles. The summed E-state index contributed by atoms with van der Waals surface area (Å²) in [5, 5.41) is 16.4. The molecule has 7 heteroatoms. The monoisotopic (exact) mass is 354 g/mol. The molecule has 2 aromatic rings. The van der Waals surface area contributed by atoms with Crippen molar-refractivity contribution >= 4 is 11.7 Å². The number of fused-ring (bicyclic) bond motifs is 1. The van der Waals surface area contributed by atoms with Crippen LogP contribution in [0, 0.1) is 5.92 Å². The van der Waals surface area contributed by atoms with E-state index in [1.807, 2.05) is 10.7 Å². The standard InChI is InChI=1S/C19H26N6O/c1-13(2)17-6-7-18(22-21-17)24-8-9-25-16(12-24)10-15(23-25)11-20-19(26)14-4-3-5-14/h6-7,10,13-14H,3-5,8-9,11-12H2,1-2H3,(H,20,26). The van der Waals surface area contributed by atoms with Gasteiger partial charge in [0.1, 0.15) is 0 Å². The van der Waals surface area contributed by atoms with E-state index in [1.54, 1.807) is 0 Å². The zero-order chi connectivity index (χ0) is 18.1. The highest BCUT2D eigenvalue weighted by atomic mass is 16.1. The summed E-state index contributed by atoms with van der Waals surface area (Å²) in [6, 6.07) is 6.19. The van der Waals surface area contributed by atoms with Crippen LogP contribution in [0.1, 0.15) is 56.1 Å². The van der Waals surface area contributed by atoms with Crippen LogP contribution >= 0.6 is 0 Å². The average Bonchev–Trinajstić information content (AvgIpc) is 3.00. The molecule has 0 atom stereocenters. The number of amides is 1. The Balaban J connectivity index is 1.39. The van der Waals surface area contributed by atoms with Crippen molar-refractivity contribution in [3.63, 3.8) is 0 Å². The number of hydrogen-bond acceptors (Lipinski definition) is 5. The van der Waals surface area contributed by atoms with Crippen LogP contribution < -0.4 is 10.2 Å². The van der Waals surface area contributed by atoms with Crippen molar-refractivity contribution in [3.05, 3.63) is 35.3 Å². The lowest BCUT2D eigenvalue weighted by molar-refractivity contribution is -0.127. The lowest BCUT2D eigenvalue weighted by Gasteiger charge is -2.28. The number of nitrogens with one attached hydrogen (secondary N) is 1. The van der Waals surface area contributed by atoms with E-state index in [0.29, 0.717) is 12.5 Å². The van der Waals surface area contributed by atoms with E-state index in [1.165, 1.54) is 6.42 Å². The van der Waals surface area contributed by atoms with Gasteiger partial charge in [0.25, 0.3) is 0 Å². The van der Waals surface area contributed by atoms with E-state index in [2.05, 4.69) is 51.5 Å². The van der Waals surface area contributed by atoms with Crippen molar-refractivity contribution in [2.45, 2.75) is 58.7 Å². The first-order chi connectivity index (χ1) is 12.6. The molecule has 0 unspecified atom stereocenters. The van der Waals surface area contributed by atoms with Crippen molar-refractivity contribution < 1.29 is 4.79 Å². The van der Waals surface area contributed by atoms with Crippen LogP contribution in [0.25, 0.3) is 0 Å². The summed E-state index contributed by atoms with van der Waals surface area (Å²) in [5.74, 6) is 1.68. The Morgan fingerprint density at radius 3 is 2.77 bits per heavy atom. The molecule has 0 saturated heterocycles. The van der Waals surface area contributed by atoms with Crippen LogP contribution in [0.15, 0.2) is 18.2 Å². The van der Waals surface area contributed by atoms with Gasteiger partial charge in [0.2, 0.25) is 5.91 Å². The van der Waals surface area contributed by atoms with Gasteiger partial charge >= 0.3 is 0 Å². The Morgan fingerprint density at radius 2 is 2.12 bits per heavy atom. The van der Waals surface area contributed by atoms with Gasteiger partial charge in [-0.25, -0.2) is 0 Å². The molecule has 1 fully saturated rings. The minimum Gasteiger partial charge on any atom is -0.350 e. The number of rotatable bonds is 5. The van der Waals surface area contributed by atoms with E-state index in [0.717, 1.165) is 55.4 Å². The first-order valence-electron chi connectivity index (χ1n) is 9.52. The van der Waals surface area contributed by atoms with Crippen molar-refractivity contribution in [2.75, 3.05) is 11.4 Å². The molecule has 0 radical (unpaired) electrons. The second-order valence-electron chi connectivity index (χ2n) is 7.59. The molecule has 138 valence electrons. The van der Waals surface area contributed by atoms with E-state index in [-0.39, 0.29) is 11.8 Å². The van der Waals surface area contributed by atoms with Gasteiger partial charge < -0.3 is 10.2 Å². The first kappa shape index (κ1) is 17.0.